The number of pyridine rings is 1. The van der Waals surface area contributed by atoms with E-state index in [1.165, 1.54) is 33.0 Å². The minimum Gasteiger partial charge on any atom is -0.449 e. The quantitative estimate of drug-likeness (QED) is 0.168. The smallest absolute Gasteiger partial charge is 0.178 e. The van der Waals surface area contributed by atoms with Gasteiger partial charge in [-0.05, 0) is 91.2 Å². The molecule has 0 saturated heterocycles. The number of aromatic nitrogens is 1. The number of hydrogen-bond donors (Lipinski definition) is 0. The molecular weight excluding hydrogens is 743 g/mol. The van der Waals surface area contributed by atoms with Crippen molar-refractivity contribution in [2.75, 3.05) is 0 Å². The Labute approximate surface area is 354 Å². The lowest BCUT2D eigenvalue weighted by Gasteiger charge is -2.34. The Morgan fingerprint density at radius 3 is 1.70 bits per heavy atom. The van der Waals surface area contributed by atoms with Gasteiger partial charge in [0.05, 0.1) is 16.8 Å². The third-order valence-corrected chi connectivity index (χ3v) is 12.4. The fourth-order valence-electron chi connectivity index (χ4n) is 9.64. The Morgan fingerprint density at radius 2 is 0.934 bits per heavy atom. The minimum atomic E-state index is -0.525. The molecule has 0 bridgehead atoms. The van der Waals surface area contributed by atoms with E-state index in [-0.39, 0.29) is 0 Å². The summed E-state index contributed by atoms with van der Waals surface area (Å²) in [6.07, 6.45) is 0. The molecule has 0 unspecified atom stereocenters. The standard InChI is InChI=1S/C58H37NO2/c1-4-16-41(17-5-1)51-35-43(36-52(59-51)47-25-14-18-40-15-10-11-23-46(40)47)39-29-27-38(28-30-39)42-31-33-53-55(37-42)61-57-54(60-53)34-32-50-56(57)48-24-12-13-26-49(48)58(50,44-19-6-2-7-20-44)45-21-8-3-9-22-45/h1-37H. The maximum atomic E-state index is 7.01. The molecule has 2 heterocycles. The third kappa shape index (κ3) is 5.62. The molecule has 3 nitrogen and oxygen atoms in total. The van der Waals surface area contributed by atoms with Crippen molar-refractivity contribution in [1.82, 2.24) is 4.98 Å². The van der Waals surface area contributed by atoms with E-state index in [1.54, 1.807) is 0 Å². The van der Waals surface area contributed by atoms with Crippen LogP contribution in [0.3, 0.4) is 0 Å². The predicted octanol–water partition coefficient (Wildman–Crippen LogP) is 15.2. The summed E-state index contributed by atoms with van der Waals surface area (Å²) in [7, 11) is 0. The maximum Gasteiger partial charge on any atom is 0.178 e. The fraction of sp³-hybridized carbons (Fsp3) is 0.0172. The van der Waals surface area contributed by atoms with Crippen LogP contribution in [0.15, 0.2) is 224 Å². The number of hydrogen-bond acceptors (Lipinski definition) is 3. The summed E-state index contributed by atoms with van der Waals surface area (Å²) in [4.78, 5) is 5.22. The number of ether oxygens (including phenoxy) is 2. The third-order valence-electron chi connectivity index (χ3n) is 12.4. The first kappa shape index (κ1) is 35.0. The molecule has 0 spiro atoms. The maximum absolute atomic E-state index is 7.01. The van der Waals surface area contributed by atoms with Crippen LogP contribution in [0.1, 0.15) is 22.3 Å². The lowest BCUT2D eigenvalue weighted by Crippen LogP contribution is -2.28. The second-order valence-electron chi connectivity index (χ2n) is 15.8. The van der Waals surface area contributed by atoms with E-state index < -0.39 is 5.41 Å². The molecule has 0 radical (unpaired) electrons. The van der Waals surface area contributed by atoms with Gasteiger partial charge in [-0.15, -0.1) is 0 Å². The molecule has 1 aliphatic carbocycles. The first-order chi connectivity index (χ1) is 30.2. The Hall–Kier alpha value is -8.01. The van der Waals surface area contributed by atoms with Crippen LogP contribution in [0.4, 0.5) is 0 Å². The number of benzene rings is 9. The van der Waals surface area contributed by atoms with Gasteiger partial charge in [0.15, 0.2) is 23.0 Å². The second-order valence-corrected chi connectivity index (χ2v) is 15.8. The summed E-state index contributed by atoms with van der Waals surface area (Å²) in [5.74, 6) is 2.85. The molecule has 0 amide bonds. The average Bonchev–Trinajstić information content (AvgIpc) is 3.65. The molecule has 2 aliphatic rings. The SMILES string of the molecule is c1ccc(-c2cc(-c3ccc(-c4ccc5c(c4)Oc4c(ccc6c4-c4ccccc4C6(c4ccccc4)c4ccccc4)O5)cc3)cc(-c3cccc4ccccc34)n2)cc1. The van der Waals surface area contributed by atoms with Gasteiger partial charge < -0.3 is 9.47 Å². The molecule has 1 aliphatic heterocycles. The van der Waals surface area contributed by atoms with Gasteiger partial charge in [0.1, 0.15) is 0 Å². The van der Waals surface area contributed by atoms with Crippen LogP contribution < -0.4 is 9.47 Å². The number of fused-ring (bicyclic) bond motifs is 7. The second kappa shape index (κ2) is 14.1. The van der Waals surface area contributed by atoms with Gasteiger partial charge in [0.2, 0.25) is 0 Å². The molecule has 10 aromatic rings. The van der Waals surface area contributed by atoms with Crippen molar-refractivity contribution in [3.05, 3.63) is 247 Å². The van der Waals surface area contributed by atoms with Crippen LogP contribution in [-0.4, -0.2) is 4.98 Å². The van der Waals surface area contributed by atoms with Crippen molar-refractivity contribution in [3.8, 4) is 78.9 Å². The summed E-state index contributed by atoms with van der Waals surface area (Å²) in [6.45, 7) is 0. The highest BCUT2D eigenvalue weighted by molar-refractivity contribution is 5.97. The van der Waals surface area contributed by atoms with Crippen LogP contribution in [-0.2, 0) is 5.41 Å². The fourth-order valence-corrected chi connectivity index (χ4v) is 9.64. The monoisotopic (exact) mass is 779 g/mol. The van der Waals surface area contributed by atoms with E-state index in [9.17, 15) is 0 Å². The summed E-state index contributed by atoms with van der Waals surface area (Å²) in [6, 6.07) is 79.5. The summed E-state index contributed by atoms with van der Waals surface area (Å²) in [5, 5.41) is 2.38. The van der Waals surface area contributed by atoms with Gasteiger partial charge in [-0.3, -0.25) is 0 Å². The largest absolute Gasteiger partial charge is 0.449 e. The molecule has 0 saturated carbocycles. The van der Waals surface area contributed by atoms with Crippen LogP contribution >= 0.6 is 0 Å². The molecule has 286 valence electrons. The van der Waals surface area contributed by atoms with E-state index in [0.29, 0.717) is 17.2 Å². The van der Waals surface area contributed by atoms with Gasteiger partial charge in [-0.25, -0.2) is 4.98 Å². The highest BCUT2D eigenvalue weighted by Gasteiger charge is 2.48. The molecule has 61 heavy (non-hydrogen) atoms. The summed E-state index contributed by atoms with van der Waals surface area (Å²) in [5.41, 5.74) is 15.0. The van der Waals surface area contributed by atoms with E-state index in [2.05, 4.69) is 212 Å². The van der Waals surface area contributed by atoms with Crippen LogP contribution in [0, 0.1) is 0 Å². The van der Waals surface area contributed by atoms with Crippen molar-refractivity contribution in [3.63, 3.8) is 0 Å². The van der Waals surface area contributed by atoms with E-state index in [1.807, 2.05) is 12.1 Å². The number of rotatable bonds is 6. The van der Waals surface area contributed by atoms with E-state index in [4.69, 9.17) is 14.5 Å². The minimum absolute atomic E-state index is 0.525. The van der Waals surface area contributed by atoms with Crippen LogP contribution in [0.25, 0.3) is 66.7 Å². The molecule has 0 N–H and O–H groups in total. The molecule has 1 aromatic heterocycles. The summed E-state index contributed by atoms with van der Waals surface area (Å²) < 4.78 is 13.7. The zero-order valence-corrected chi connectivity index (χ0v) is 33.1. The Kier molecular flexibility index (Phi) is 8.07. The van der Waals surface area contributed by atoms with E-state index in [0.717, 1.165) is 61.6 Å². The normalized spacial score (nSPS) is 13.0. The van der Waals surface area contributed by atoms with Gasteiger partial charge >= 0.3 is 0 Å². The molecular formula is C58H37NO2. The lowest BCUT2D eigenvalue weighted by atomic mass is 9.68. The van der Waals surface area contributed by atoms with Crippen LogP contribution in [0.5, 0.6) is 23.0 Å². The van der Waals surface area contributed by atoms with Crippen molar-refractivity contribution >= 4 is 10.8 Å². The zero-order valence-electron chi connectivity index (χ0n) is 33.1. The summed E-state index contributed by atoms with van der Waals surface area (Å²) >= 11 is 0. The van der Waals surface area contributed by atoms with Crippen molar-refractivity contribution in [2.45, 2.75) is 5.41 Å². The molecule has 12 rings (SSSR count). The Morgan fingerprint density at radius 1 is 0.344 bits per heavy atom. The topological polar surface area (TPSA) is 31.4 Å². The average molecular weight is 780 g/mol. The van der Waals surface area contributed by atoms with Crippen molar-refractivity contribution in [1.29, 1.82) is 0 Å². The van der Waals surface area contributed by atoms with Gasteiger partial charge in [-0.2, -0.15) is 0 Å². The molecule has 3 heteroatoms. The van der Waals surface area contributed by atoms with Crippen LogP contribution in [0.2, 0.25) is 0 Å². The van der Waals surface area contributed by atoms with Gasteiger partial charge in [0, 0.05) is 16.7 Å². The highest BCUT2D eigenvalue weighted by atomic mass is 16.6. The number of nitrogens with zero attached hydrogens (tertiary/aromatic N) is 1. The van der Waals surface area contributed by atoms with E-state index >= 15 is 0 Å². The van der Waals surface area contributed by atoms with Crippen molar-refractivity contribution < 1.29 is 9.47 Å². The lowest BCUT2D eigenvalue weighted by molar-refractivity contribution is 0.360. The molecule has 9 aromatic carbocycles. The van der Waals surface area contributed by atoms with Gasteiger partial charge in [-0.1, -0.05) is 194 Å². The molecule has 0 atom stereocenters. The molecule has 0 fully saturated rings. The Balaban J connectivity index is 0.927. The van der Waals surface area contributed by atoms with Crippen molar-refractivity contribution in [2.24, 2.45) is 0 Å². The first-order valence-corrected chi connectivity index (χ1v) is 20.8. The highest BCUT2D eigenvalue weighted by Crippen LogP contribution is 2.62. The first-order valence-electron chi connectivity index (χ1n) is 20.8. The predicted molar refractivity (Wildman–Crippen MR) is 247 cm³/mol. The zero-order chi connectivity index (χ0) is 40.3. The van der Waals surface area contributed by atoms with Gasteiger partial charge in [0.25, 0.3) is 0 Å². The Bertz CT molecular complexity index is 3240.